The normalized spacial score (nSPS) is 10.6. The summed E-state index contributed by atoms with van der Waals surface area (Å²) < 4.78 is 13.8. The Labute approximate surface area is 137 Å². The third-order valence-corrected chi connectivity index (χ3v) is 3.50. The van der Waals surface area contributed by atoms with Gasteiger partial charge >= 0.3 is 6.03 Å². The first-order chi connectivity index (χ1) is 10.6. The number of carbonyl (C=O) groups excluding carboxylic acids is 1. The molecule has 0 spiro atoms. The van der Waals surface area contributed by atoms with Gasteiger partial charge in [-0.2, -0.15) is 0 Å². The summed E-state index contributed by atoms with van der Waals surface area (Å²) in [5.41, 5.74) is 1.97. The molecule has 0 fully saturated rings. The number of rotatable bonds is 5. The number of nitrogens with one attached hydrogen (secondary N) is 2. The number of hydrogen-bond acceptors (Lipinski definition) is 1. The molecule has 0 saturated carbocycles. The van der Waals surface area contributed by atoms with Crippen LogP contribution in [0.4, 0.5) is 9.18 Å². The standard InChI is InChI=1S/C17H16BrFN2O/c18-15-5-1-13(2-6-15)9-11-20-17(22)21-12-10-14-3-7-16(19)8-4-14/h1-8,10,12H,9,11H2,(H2,20,21,22)/b12-10+. The fourth-order valence-corrected chi connectivity index (χ4v) is 2.07. The summed E-state index contributed by atoms with van der Waals surface area (Å²) in [6, 6.07) is 13.7. The van der Waals surface area contributed by atoms with Crippen LogP contribution in [0.5, 0.6) is 0 Å². The van der Waals surface area contributed by atoms with Crippen molar-refractivity contribution in [2.24, 2.45) is 0 Å². The van der Waals surface area contributed by atoms with Gasteiger partial charge in [-0.15, -0.1) is 0 Å². The van der Waals surface area contributed by atoms with E-state index in [9.17, 15) is 9.18 Å². The molecule has 22 heavy (non-hydrogen) atoms. The first kappa shape index (κ1) is 16.2. The quantitative estimate of drug-likeness (QED) is 0.825. The van der Waals surface area contributed by atoms with Crippen LogP contribution in [0.3, 0.4) is 0 Å². The first-order valence-electron chi connectivity index (χ1n) is 6.84. The molecule has 0 atom stereocenters. The Bertz CT molecular complexity index is 639. The molecule has 0 aromatic heterocycles. The fourth-order valence-electron chi connectivity index (χ4n) is 1.81. The molecule has 0 radical (unpaired) electrons. The third kappa shape index (κ3) is 5.69. The van der Waals surface area contributed by atoms with Gasteiger partial charge in [0.15, 0.2) is 0 Å². The van der Waals surface area contributed by atoms with Crippen LogP contribution in [0, 0.1) is 5.82 Å². The lowest BCUT2D eigenvalue weighted by Gasteiger charge is -2.05. The minimum Gasteiger partial charge on any atom is -0.338 e. The van der Waals surface area contributed by atoms with Crippen LogP contribution in [-0.2, 0) is 6.42 Å². The first-order valence-corrected chi connectivity index (χ1v) is 7.64. The largest absolute Gasteiger partial charge is 0.338 e. The van der Waals surface area contributed by atoms with Crippen molar-refractivity contribution in [1.29, 1.82) is 0 Å². The summed E-state index contributed by atoms with van der Waals surface area (Å²) >= 11 is 3.38. The van der Waals surface area contributed by atoms with Crippen molar-refractivity contribution < 1.29 is 9.18 Å². The average molecular weight is 363 g/mol. The van der Waals surface area contributed by atoms with Crippen LogP contribution in [0.25, 0.3) is 6.08 Å². The van der Waals surface area contributed by atoms with Gasteiger partial charge in [0.05, 0.1) is 0 Å². The van der Waals surface area contributed by atoms with E-state index in [0.717, 1.165) is 22.0 Å². The smallest absolute Gasteiger partial charge is 0.318 e. The van der Waals surface area contributed by atoms with Crippen molar-refractivity contribution in [3.63, 3.8) is 0 Å². The second-order valence-electron chi connectivity index (χ2n) is 4.66. The van der Waals surface area contributed by atoms with E-state index in [1.165, 1.54) is 18.3 Å². The van der Waals surface area contributed by atoms with E-state index in [4.69, 9.17) is 0 Å². The number of amides is 2. The Morgan fingerprint density at radius 2 is 1.77 bits per heavy atom. The lowest BCUT2D eigenvalue weighted by Crippen LogP contribution is -2.33. The van der Waals surface area contributed by atoms with Crippen molar-refractivity contribution >= 4 is 28.0 Å². The number of halogens is 2. The molecule has 2 aromatic carbocycles. The van der Waals surface area contributed by atoms with Gasteiger partial charge in [0.2, 0.25) is 0 Å². The summed E-state index contributed by atoms with van der Waals surface area (Å²) in [5, 5.41) is 5.38. The van der Waals surface area contributed by atoms with Crippen LogP contribution in [0.2, 0.25) is 0 Å². The molecule has 5 heteroatoms. The summed E-state index contributed by atoms with van der Waals surface area (Å²) in [5.74, 6) is -0.282. The molecule has 0 aliphatic rings. The predicted molar refractivity (Wildman–Crippen MR) is 89.8 cm³/mol. The molecule has 0 bridgehead atoms. The third-order valence-electron chi connectivity index (χ3n) is 2.97. The Morgan fingerprint density at radius 3 is 2.45 bits per heavy atom. The lowest BCUT2D eigenvalue weighted by molar-refractivity contribution is 0.244. The Hall–Kier alpha value is -2.14. The lowest BCUT2D eigenvalue weighted by atomic mass is 10.1. The number of carbonyl (C=O) groups is 1. The van der Waals surface area contributed by atoms with Gasteiger partial charge in [-0.3, -0.25) is 0 Å². The molecule has 0 aliphatic carbocycles. The zero-order chi connectivity index (χ0) is 15.8. The van der Waals surface area contributed by atoms with Crippen molar-refractivity contribution in [3.05, 3.63) is 76.1 Å². The minimum atomic E-state index is -0.282. The maximum atomic E-state index is 12.7. The molecule has 2 rings (SSSR count). The van der Waals surface area contributed by atoms with Crippen LogP contribution >= 0.6 is 15.9 Å². The van der Waals surface area contributed by atoms with Crippen molar-refractivity contribution in [2.45, 2.75) is 6.42 Å². The summed E-state index contributed by atoms with van der Waals surface area (Å²) in [6.07, 6.45) is 4.00. The highest BCUT2D eigenvalue weighted by Gasteiger charge is 1.98. The van der Waals surface area contributed by atoms with Gasteiger partial charge < -0.3 is 10.6 Å². The highest BCUT2D eigenvalue weighted by molar-refractivity contribution is 9.10. The molecule has 0 heterocycles. The summed E-state index contributed by atoms with van der Waals surface area (Å²) in [6.45, 7) is 0.553. The summed E-state index contributed by atoms with van der Waals surface area (Å²) in [4.78, 5) is 11.6. The van der Waals surface area contributed by atoms with Crippen molar-refractivity contribution in [1.82, 2.24) is 10.6 Å². The monoisotopic (exact) mass is 362 g/mol. The highest BCUT2D eigenvalue weighted by atomic mass is 79.9. The van der Waals surface area contributed by atoms with Gasteiger partial charge in [-0.25, -0.2) is 9.18 Å². The highest BCUT2D eigenvalue weighted by Crippen LogP contribution is 2.10. The van der Waals surface area contributed by atoms with E-state index in [-0.39, 0.29) is 11.8 Å². The number of urea groups is 1. The molecular weight excluding hydrogens is 347 g/mol. The van der Waals surface area contributed by atoms with Gasteiger partial charge in [-0.1, -0.05) is 40.2 Å². The second-order valence-corrected chi connectivity index (χ2v) is 5.58. The van der Waals surface area contributed by atoms with E-state index in [2.05, 4.69) is 26.6 Å². The van der Waals surface area contributed by atoms with E-state index in [1.807, 2.05) is 24.3 Å². The van der Waals surface area contributed by atoms with Gasteiger partial charge in [0.1, 0.15) is 5.82 Å². The molecule has 0 unspecified atom stereocenters. The molecule has 0 aliphatic heterocycles. The molecule has 0 saturated heterocycles. The predicted octanol–water partition coefficient (Wildman–Crippen LogP) is 4.10. The van der Waals surface area contributed by atoms with Crippen LogP contribution < -0.4 is 10.6 Å². The van der Waals surface area contributed by atoms with Crippen molar-refractivity contribution in [2.75, 3.05) is 6.54 Å². The van der Waals surface area contributed by atoms with E-state index >= 15 is 0 Å². The van der Waals surface area contributed by atoms with Gasteiger partial charge in [0, 0.05) is 17.2 Å². The van der Waals surface area contributed by atoms with Crippen molar-refractivity contribution in [3.8, 4) is 0 Å². The fraction of sp³-hybridized carbons (Fsp3) is 0.118. The topological polar surface area (TPSA) is 41.1 Å². The zero-order valence-electron chi connectivity index (χ0n) is 11.9. The van der Waals surface area contributed by atoms with E-state index in [1.54, 1.807) is 18.2 Å². The number of benzene rings is 2. The van der Waals surface area contributed by atoms with Crippen LogP contribution in [0.1, 0.15) is 11.1 Å². The maximum Gasteiger partial charge on any atom is 0.318 e. The second kappa shape index (κ2) is 8.34. The Balaban J connectivity index is 1.69. The molecule has 114 valence electrons. The minimum absolute atomic E-state index is 0.268. The Morgan fingerprint density at radius 1 is 1.09 bits per heavy atom. The molecule has 2 amide bonds. The Kier molecular flexibility index (Phi) is 6.15. The van der Waals surface area contributed by atoms with Crippen LogP contribution in [-0.4, -0.2) is 12.6 Å². The SMILES string of the molecule is O=C(N/C=C/c1ccc(F)cc1)NCCc1ccc(Br)cc1. The van der Waals surface area contributed by atoms with E-state index < -0.39 is 0 Å². The van der Waals surface area contributed by atoms with Gasteiger partial charge in [-0.05, 0) is 47.9 Å². The molecular formula is C17H16BrFN2O. The van der Waals surface area contributed by atoms with Gasteiger partial charge in [0.25, 0.3) is 0 Å². The summed E-state index contributed by atoms with van der Waals surface area (Å²) in [7, 11) is 0. The zero-order valence-corrected chi connectivity index (χ0v) is 13.4. The molecule has 3 nitrogen and oxygen atoms in total. The molecule has 2 aromatic rings. The maximum absolute atomic E-state index is 12.7. The average Bonchev–Trinajstić information content (AvgIpc) is 2.51. The van der Waals surface area contributed by atoms with E-state index in [0.29, 0.717) is 6.54 Å². The van der Waals surface area contributed by atoms with Crippen LogP contribution in [0.15, 0.2) is 59.2 Å². The number of hydrogen-bond donors (Lipinski definition) is 2. The molecule has 2 N–H and O–H groups in total.